The fourth-order valence-electron chi connectivity index (χ4n) is 3.73. The van der Waals surface area contributed by atoms with Crippen LogP contribution in [0, 0.1) is 12.7 Å². The molecule has 0 bridgehead atoms. The van der Waals surface area contributed by atoms with Crippen LogP contribution in [0.2, 0.25) is 0 Å². The van der Waals surface area contributed by atoms with Gasteiger partial charge in [-0.3, -0.25) is 9.69 Å². The summed E-state index contributed by atoms with van der Waals surface area (Å²) in [4.78, 5) is 24.9. The van der Waals surface area contributed by atoms with Crippen LogP contribution in [-0.4, -0.2) is 65.1 Å². The van der Waals surface area contributed by atoms with Crippen molar-refractivity contribution in [3.8, 4) is 0 Å². The van der Waals surface area contributed by atoms with Gasteiger partial charge in [0, 0.05) is 38.3 Å². The summed E-state index contributed by atoms with van der Waals surface area (Å²) < 4.78 is 19.6. The van der Waals surface area contributed by atoms with Crippen LogP contribution in [0.15, 0.2) is 42.5 Å². The van der Waals surface area contributed by atoms with Crippen molar-refractivity contribution in [3.63, 3.8) is 0 Å². The summed E-state index contributed by atoms with van der Waals surface area (Å²) in [5.41, 5.74) is 3.42. The van der Waals surface area contributed by atoms with Gasteiger partial charge in [-0.2, -0.15) is 0 Å². The zero-order valence-corrected chi connectivity index (χ0v) is 17.2. The minimum absolute atomic E-state index is 0.0673. The second-order valence-corrected chi connectivity index (χ2v) is 7.74. The molecule has 158 valence electrons. The first-order valence-electron chi connectivity index (χ1n) is 10.3. The van der Waals surface area contributed by atoms with Gasteiger partial charge in [-0.15, -0.1) is 0 Å². The van der Waals surface area contributed by atoms with Crippen LogP contribution >= 0.6 is 0 Å². The first kappa shape index (κ1) is 20.5. The van der Waals surface area contributed by atoms with E-state index in [2.05, 4.69) is 14.9 Å². The fraction of sp³-hybridized carbons (Fsp3) is 0.391. The summed E-state index contributed by atoms with van der Waals surface area (Å²) in [6.07, 6.45) is 0.158. The molecule has 0 unspecified atom stereocenters. The number of aryl methyl sites for hydroxylation is 1. The average molecular weight is 410 g/mol. The number of hydrogen-bond donors (Lipinski definition) is 1. The summed E-state index contributed by atoms with van der Waals surface area (Å²) in [7, 11) is 0. The van der Waals surface area contributed by atoms with Crippen molar-refractivity contribution < 1.29 is 13.9 Å². The molecule has 0 saturated carbocycles. The third-order valence-electron chi connectivity index (χ3n) is 5.47. The van der Waals surface area contributed by atoms with Gasteiger partial charge in [0.2, 0.25) is 5.91 Å². The number of nitrogens with zero attached hydrogens (tertiary/aromatic N) is 3. The minimum atomic E-state index is -0.291. The number of benzene rings is 2. The standard InChI is InChI=1S/C23H27FN4O2/c1-17-6-7-20-21(14-17)26-22(25-20)15-23(29)28(9-8-27-10-12-30-13-11-27)16-18-4-2-3-5-19(18)24/h2-7,14H,8-13,15-16H2,1H3,(H,25,26). The Labute approximate surface area is 175 Å². The number of fused-ring (bicyclic) bond motifs is 1. The molecule has 0 atom stereocenters. The highest BCUT2D eigenvalue weighted by molar-refractivity contribution is 5.81. The van der Waals surface area contributed by atoms with Gasteiger partial charge in [-0.1, -0.05) is 24.3 Å². The predicted molar refractivity (Wildman–Crippen MR) is 114 cm³/mol. The van der Waals surface area contributed by atoms with Crippen LogP contribution in [0.5, 0.6) is 0 Å². The minimum Gasteiger partial charge on any atom is -0.379 e. The van der Waals surface area contributed by atoms with Gasteiger partial charge in [0.05, 0.1) is 30.7 Å². The van der Waals surface area contributed by atoms with Crippen LogP contribution in [0.3, 0.4) is 0 Å². The summed E-state index contributed by atoms with van der Waals surface area (Å²) in [5.74, 6) is 0.272. The van der Waals surface area contributed by atoms with Crippen molar-refractivity contribution >= 4 is 16.9 Å². The normalized spacial score (nSPS) is 14.9. The molecule has 3 aromatic rings. The molecule has 7 heteroatoms. The summed E-state index contributed by atoms with van der Waals surface area (Å²) >= 11 is 0. The van der Waals surface area contributed by atoms with Crippen LogP contribution in [0.25, 0.3) is 11.0 Å². The number of carbonyl (C=O) groups excluding carboxylic acids is 1. The van der Waals surface area contributed by atoms with Gasteiger partial charge in [-0.25, -0.2) is 9.37 Å². The van der Waals surface area contributed by atoms with E-state index in [1.54, 1.807) is 23.1 Å². The molecule has 1 saturated heterocycles. The van der Waals surface area contributed by atoms with Crippen LogP contribution in [0.1, 0.15) is 17.0 Å². The van der Waals surface area contributed by atoms with E-state index in [4.69, 9.17) is 4.74 Å². The van der Waals surface area contributed by atoms with E-state index in [-0.39, 0.29) is 24.7 Å². The molecule has 0 radical (unpaired) electrons. The number of hydrogen-bond acceptors (Lipinski definition) is 4. The van der Waals surface area contributed by atoms with Crippen LogP contribution in [-0.2, 0) is 22.5 Å². The van der Waals surface area contributed by atoms with Gasteiger partial charge in [0.25, 0.3) is 0 Å². The van der Waals surface area contributed by atoms with Crippen LogP contribution < -0.4 is 0 Å². The monoisotopic (exact) mass is 410 g/mol. The van der Waals surface area contributed by atoms with Gasteiger partial charge in [0.15, 0.2) is 0 Å². The van der Waals surface area contributed by atoms with Crippen molar-refractivity contribution in [2.75, 3.05) is 39.4 Å². The molecule has 30 heavy (non-hydrogen) atoms. The molecule has 1 aliphatic rings. The first-order chi connectivity index (χ1) is 14.6. The SMILES string of the molecule is Cc1ccc2nc(CC(=O)N(CCN3CCOCC3)Cc3ccccc3F)[nH]c2c1. The maximum absolute atomic E-state index is 14.2. The number of morpholine rings is 1. The van der Waals surface area contributed by atoms with E-state index in [0.29, 0.717) is 31.1 Å². The Bertz CT molecular complexity index is 1010. The second-order valence-electron chi connectivity index (χ2n) is 7.74. The van der Waals surface area contributed by atoms with Crippen molar-refractivity contribution in [3.05, 3.63) is 65.2 Å². The Morgan fingerprint density at radius 1 is 1.23 bits per heavy atom. The lowest BCUT2D eigenvalue weighted by Crippen LogP contribution is -2.43. The zero-order chi connectivity index (χ0) is 20.9. The average Bonchev–Trinajstić information content (AvgIpc) is 3.14. The third kappa shape index (κ3) is 5.04. The molecule has 1 N–H and O–H groups in total. The molecule has 0 aliphatic carbocycles. The van der Waals surface area contributed by atoms with E-state index in [1.807, 2.05) is 25.1 Å². The lowest BCUT2D eigenvalue weighted by Gasteiger charge is -2.30. The van der Waals surface area contributed by atoms with Gasteiger partial charge in [-0.05, 0) is 30.7 Å². The zero-order valence-electron chi connectivity index (χ0n) is 17.2. The van der Waals surface area contributed by atoms with E-state index in [1.165, 1.54) is 6.07 Å². The number of amides is 1. The van der Waals surface area contributed by atoms with Crippen molar-refractivity contribution in [2.45, 2.75) is 19.9 Å². The quantitative estimate of drug-likeness (QED) is 0.651. The third-order valence-corrected chi connectivity index (χ3v) is 5.47. The molecular formula is C23H27FN4O2. The maximum atomic E-state index is 14.2. The highest BCUT2D eigenvalue weighted by atomic mass is 19.1. The molecule has 1 amide bonds. The van der Waals surface area contributed by atoms with Crippen molar-refractivity contribution in [1.29, 1.82) is 0 Å². The number of rotatable bonds is 7. The lowest BCUT2D eigenvalue weighted by molar-refractivity contribution is -0.131. The first-order valence-corrected chi connectivity index (χ1v) is 10.3. The molecule has 0 spiro atoms. The largest absolute Gasteiger partial charge is 0.379 e. The van der Waals surface area contributed by atoms with Crippen molar-refractivity contribution in [1.82, 2.24) is 19.8 Å². The highest BCUT2D eigenvalue weighted by Crippen LogP contribution is 2.15. The molecule has 1 aliphatic heterocycles. The number of aromatic nitrogens is 2. The molecule has 2 heterocycles. The smallest absolute Gasteiger partial charge is 0.230 e. The number of nitrogens with one attached hydrogen (secondary N) is 1. The Balaban J connectivity index is 1.48. The molecule has 6 nitrogen and oxygen atoms in total. The number of imidazole rings is 1. The molecule has 4 rings (SSSR count). The Morgan fingerprint density at radius 3 is 2.83 bits per heavy atom. The van der Waals surface area contributed by atoms with E-state index in [9.17, 15) is 9.18 Å². The fourth-order valence-corrected chi connectivity index (χ4v) is 3.73. The van der Waals surface area contributed by atoms with Crippen molar-refractivity contribution in [2.24, 2.45) is 0 Å². The van der Waals surface area contributed by atoms with Gasteiger partial charge >= 0.3 is 0 Å². The predicted octanol–water partition coefficient (Wildman–Crippen LogP) is 2.91. The molecule has 1 aromatic heterocycles. The summed E-state index contributed by atoms with van der Waals surface area (Å²) in [6, 6.07) is 12.6. The number of H-pyrrole nitrogens is 1. The lowest BCUT2D eigenvalue weighted by atomic mass is 10.2. The second kappa shape index (κ2) is 9.36. The van der Waals surface area contributed by atoms with Crippen LogP contribution in [0.4, 0.5) is 4.39 Å². The van der Waals surface area contributed by atoms with Gasteiger partial charge < -0.3 is 14.6 Å². The highest BCUT2D eigenvalue weighted by Gasteiger charge is 2.20. The maximum Gasteiger partial charge on any atom is 0.230 e. The topological polar surface area (TPSA) is 61.5 Å². The molecule has 2 aromatic carbocycles. The molecular weight excluding hydrogens is 383 g/mol. The number of carbonyl (C=O) groups is 1. The summed E-state index contributed by atoms with van der Waals surface area (Å²) in [6.45, 7) is 6.66. The molecule has 1 fully saturated rings. The number of aromatic amines is 1. The Morgan fingerprint density at radius 2 is 2.03 bits per heavy atom. The van der Waals surface area contributed by atoms with E-state index < -0.39 is 0 Å². The number of halogens is 1. The van der Waals surface area contributed by atoms with Gasteiger partial charge in [0.1, 0.15) is 11.6 Å². The van der Waals surface area contributed by atoms with E-state index in [0.717, 1.165) is 36.2 Å². The Hall–Kier alpha value is -2.77. The van der Waals surface area contributed by atoms with E-state index >= 15 is 0 Å². The summed E-state index contributed by atoms with van der Waals surface area (Å²) in [5, 5.41) is 0. The number of ether oxygens (including phenoxy) is 1. The Kier molecular flexibility index (Phi) is 6.40.